The Bertz CT molecular complexity index is 960. The molecule has 2 aromatic carbocycles. The number of imidazole rings is 1. The fourth-order valence-electron chi connectivity index (χ4n) is 4.26. The first-order valence-electron chi connectivity index (χ1n) is 11.3. The van der Waals surface area contributed by atoms with E-state index in [0.717, 1.165) is 54.4 Å². The van der Waals surface area contributed by atoms with E-state index >= 15 is 0 Å². The summed E-state index contributed by atoms with van der Waals surface area (Å²) in [6.45, 7) is 7.04. The van der Waals surface area contributed by atoms with Crippen LogP contribution in [0.25, 0.3) is 11.0 Å². The number of ether oxygens (including phenoxy) is 1. The smallest absolute Gasteiger partial charge is 0.124 e. The highest BCUT2D eigenvalue weighted by atomic mass is 35.5. The molecule has 160 valence electrons. The number of nitrogens with zero attached hydrogens (tertiary/aromatic N) is 3. The molecule has 30 heavy (non-hydrogen) atoms. The maximum Gasteiger partial charge on any atom is 0.124 e. The first kappa shape index (κ1) is 21.2. The first-order chi connectivity index (χ1) is 14.7. The Labute approximate surface area is 184 Å². The predicted octanol–water partition coefficient (Wildman–Crippen LogP) is 6.23. The maximum absolute atomic E-state index is 6.10. The molecule has 1 aliphatic rings. The van der Waals surface area contributed by atoms with Crippen LogP contribution in [0, 0.1) is 6.92 Å². The molecule has 1 saturated heterocycles. The highest BCUT2D eigenvalue weighted by Gasteiger charge is 2.15. The molecule has 0 bridgehead atoms. The molecule has 1 aromatic heterocycles. The topological polar surface area (TPSA) is 30.3 Å². The van der Waals surface area contributed by atoms with Gasteiger partial charge in [-0.25, -0.2) is 4.98 Å². The minimum absolute atomic E-state index is 0.717. The molecule has 3 aromatic rings. The lowest BCUT2D eigenvalue weighted by atomic mass is 10.2. The van der Waals surface area contributed by atoms with E-state index in [1.165, 1.54) is 50.1 Å². The van der Waals surface area contributed by atoms with E-state index in [0.29, 0.717) is 0 Å². The summed E-state index contributed by atoms with van der Waals surface area (Å²) in [6, 6.07) is 14.4. The van der Waals surface area contributed by atoms with E-state index in [-0.39, 0.29) is 0 Å². The fraction of sp³-hybridized carbons (Fsp3) is 0.480. The number of likely N-dealkylation sites (tertiary alicyclic amines) is 1. The number of aryl methyl sites for hydroxylation is 2. The van der Waals surface area contributed by atoms with Crippen LogP contribution < -0.4 is 4.74 Å². The van der Waals surface area contributed by atoms with Crippen LogP contribution in [0.2, 0.25) is 5.02 Å². The van der Waals surface area contributed by atoms with Gasteiger partial charge < -0.3 is 9.30 Å². The zero-order valence-electron chi connectivity index (χ0n) is 17.9. The van der Waals surface area contributed by atoms with E-state index in [9.17, 15) is 0 Å². The number of hydrogen-bond donors (Lipinski definition) is 0. The summed E-state index contributed by atoms with van der Waals surface area (Å²) in [6.07, 6.45) is 7.42. The molecule has 5 heteroatoms. The van der Waals surface area contributed by atoms with Gasteiger partial charge in [0.1, 0.15) is 11.6 Å². The van der Waals surface area contributed by atoms with Gasteiger partial charge in [0.2, 0.25) is 0 Å². The number of hydrogen-bond acceptors (Lipinski definition) is 3. The Morgan fingerprint density at radius 1 is 1.00 bits per heavy atom. The van der Waals surface area contributed by atoms with Crippen molar-refractivity contribution in [3.05, 3.63) is 58.9 Å². The van der Waals surface area contributed by atoms with Crippen LogP contribution in [0.15, 0.2) is 42.5 Å². The number of aromatic nitrogens is 2. The largest absolute Gasteiger partial charge is 0.494 e. The van der Waals surface area contributed by atoms with Gasteiger partial charge in [0.05, 0.1) is 24.2 Å². The molecular formula is C25H32ClN3O. The summed E-state index contributed by atoms with van der Waals surface area (Å²) >= 11 is 6.10. The van der Waals surface area contributed by atoms with Gasteiger partial charge in [-0.1, -0.05) is 36.6 Å². The average Bonchev–Trinajstić information content (AvgIpc) is 2.90. The Morgan fingerprint density at radius 2 is 1.80 bits per heavy atom. The van der Waals surface area contributed by atoms with Crippen molar-refractivity contribution >= 4 is 22.6 Å². The molecule has 1 fully saturated rings. The van der Waals surface area contributed by atoms with Crippen molar-refractivity contribution in [2.45, 2.75) is 58.5 Å². The van der Waals surface area contributed by atoms with Gasteiger partial charge in [0, 0.05) is 11.6 Å². The van der Waals surface area contributed by atoms with E-state index in [4.69, 9.17) is 21.3 Å². The van der Waals surface area contributed by atoms with E-state index in [2.05, 4.69) is 33.7 Å². The average molecular weight is 426 g/mol. The Morgan fingerprint density at radius 3 is 2.60 bits per heavy atom. The first-order valence-corrected chi connectivity index (χ1v) is 11.6. The molecule has 2 heterocycles. The van der Waals surface area contributed by atoms with Crippen molar-refractivity contribution in [2.75, 3.05) is 19.7 Å². The lowest BCUT2D eigenvalue weighted by Gasteiger charge is -2.20. The van der Waals surface area contributed by atoms with Crippen LogP contribution in [0.4, 0.5) is 0 Å². The van der Waals surface area contributed by atoms with Crippen LogP contribution in [-0.4, -0.2) is 34.1 Å². The third kappa shape index (κ3) is 5.35. The summed E-state index contributed by atoms with van der Waals surface area (Å²) < 4.78 is 8.35. The van der Waals surface area contributed by atoms with Crippen LogP contribution in [0.5, 0.6) is 5.75 Å². The van der Waals surface area contributed by atoms with Gasteiger partial charge >= 0.3 is 0 Å². The summed E-state index contributed by atoms with van der Waals surface area (Å²) in [5, 5.41) is 0.784. The zero-order chi connectivity index (χ0) is 20.8. The zero-order valence-corrected chi connectivity index (χ0v) is 18.7. The number of para-hydroxylation sites is 2. The second kappa shape index (κ2) is 10.3. The summed E-state index contributed by atoms with van der Waals surface area (Å²) in [5.74, 6) is 2.10. The molecule has 1 aliphatic heterocycles. The van der Waals surface area contributed by atoms with Gasteiger partial charge in [-0.2, -0.15) is 0 Å². The predicted molar refractivity (Wildman–Crippen MR) is 124 cm³/mol. The monoisotopic (exact) mass is 425 g/mol. The minimum Gasteiger partial charge on any atom is -0.494 e. The minimum atomic E-state index is 0.717. The molecular weight excluding hydrogens is 394 g/mol. The molecule has 0 spiro atoms. The van der Waals surface area contributed by atoms with E-state index in [1.54, 1.807) is 0 Å². The molecule has 0 saturated carbocycles. The normalized spacial score (nSPS) is 15.4. The number of benzene rings is 2. The number of halogens is 1. The lowest BCUT2D eigenvalue weighted by molar-refractivity contribution is 0.265. The van der Waals surface area contributed by atoms with Crippen molar-refractivity contribution in [3.8, 4) is 5.75 Å². The number of rotatable bonds is 8. The van der Waals surface area contributed by atoms with Crippen molar-refractivity contribution in [1.82, 2.24) is 14.5 Å². The number of fused-ring (bicyclic) bond motifs is 1. The highest BCUT2D eigenvalue weighted by molar-refractivity contribution is 6.31. The van der Waals surface area contributed by atoms with Gasteiger partial charge in [-0.3, -0.25) is 4.90 Å². The molecule has 0 amide bonds. The van der Waals surface area contributed by atoms with E-state index < -0.39 is 0 Å². The van der Waals surface area contributed by atoms with Gasteiger partial charge in [0.25, 0.3) is 0 Å². The molecule has 0 unspecified atom stereocenters. The SMILES string of the molecule is Cc1cc(OCCCCn2c(CN3CCCCCC3)nc3ccccc32)ccc1Cl. The van der Waals surface area contributed by atoms with Crippen LogP contribution in [0.1, 0.15) is 49.9 Å². The van der Waals surface area contributed by atoms with Crippen molar-refractivity contribution in [2.24, 2.45) is 0 Å². The molecule has 0 aliphatic carbocycles. The maximum atomic E-state index is 6.10. The van der Waals surface area contributed by atoms with Crippen molar-refractivity contribution in [1.29, 1.82) is 0 Å². The quantitative estimate of drug-likeness (QED) is 0.400. The Kier molecular flexibility index (Phi) is 7.29. The van der Waals surface area contributed by atoms with Crippen molar-refractivity contribution < 1.29 is 4.74 Å². The van der Waals surface area contributed by atoms with Crippen LogP contribution >= 0.6 is 11.6 Å². The molecule has 4 rings (SSSR count). The molecule has 4 nitrogen and oxygen atoms in total. The Balaban J connectivity index is 1.36. The summed E-state index contributed by atoms with van der Waals surface area (Å²) in [4.78, 5) is 7.56. The van der Waals surface area contributed by atoms with Gasteiger partial charge in [-0.15, -0.1) is 0 Å². The third-order valence-electron chi connectivity index (χ3n) is 5.97. The second-order valence-corrected chi connectivity index (χ2v) is 8.73. The standard InChI is InChI=1S/C25H32ClN3O/c1-20-18-21(12-13-22(20)26)30-17-9-8-16-29-24-11-5-4-10-23(24)27-25(29)19-28-14-6-2-3-7-15-28/h4-5,10-13,18H,2-3,6-9,14-17,19H2,1H3. The highest BCUT2D eigenvalue weighted by Crippen LogP contribution is 2.22. The summed E-state index contributed by atoms with van der Waals surface area (Å²) in [7, 11) is 0. The van der Waals surface area contributed by atoms with Gasteiger partial charge in [0.15, 0.2) is 0 Å². The van der Waals surface area contributed by atoms with Crippen molar-refractivity contribution in [3.63, 3.8) is 0 Å². The number of unbranched alkanes of at least 4 members (excludes halogenated alkanes) is 1. The summed E-state index contributed by atoms with van der Waals surface area (Å²) in [5.41, 5.74) is 3.41. The third-order valence-corrected chi connectivity index (χ3v) is 6.40. The van der Waals surface area contributed by atoms with Gasteiger partial charge in [-0.05, 0) is 81.6 Å². The van der Waals surface area contributed by atoms with E-state index in [1.807, 2.05) is 25.1 Å². The van der Waals surface area contributed by atoms with Crippen LogP contribution in [0.3, 0.4) is 0 Å². The molecule has 0 atom stereocenters. The second-order valence-electron chi connectivity index (χ2n) is 8.33. The molecule has 0 N–H and O–H groups in total. The Hall–Kier alpha value is -2.04. The lowest BCUT2D eigenvalue weighted by Crippen LogP contribution is -2.26. The van der Waals surface area contributed by atoms with Crippen LogP contribution in [-0.2, 0) is 13.1 Å². The fourth-order valence-corrected chi connectivity index (χ4v) is 4.38. The molecule has 0 radical (unpaired) electrons.